The zero-order valence-corrected chi connectivity index (χ0v) is 20.1. The van der Waals surface area contributed by atoms with Crippen molar-refractivity contribution >= 4 is 43.4 Å². The number of carbonyl (C=O) groups is 1. The van der Waals surface area contributed by atoms with E-state index in [0.29, 0.717) is 0 Å². The third kappa shape index (κ3) is 7.00. The zero-order valence-electron chi connectivity index (χ0n) is 18.5. The molecule has 0 aromatic heterocycles. The van der Waals surface area contributed by atoms with Gasteiger partial charge in [-0.2, -0.15) is 0 Å². The van der Waals surface area contributed by atoms with Gasteiger partial charge in [-0.1, -0.05) is 18.2 Å². The maximum Gasteiger partial charge on any atom is 0.305 e. The molecule has 0 heterocycles. The Morgan fingerprint density at radius 2 is 1.56 bits per heavy atom. The topological polar surface area (TPSA) is 192 Å². The molecule has 0 aliphatic carbocycles. The van der Waals surface area contributed by atoms with Gasteiger partial charge in [-0.3, -0.25) is 14.9 Å². The van der Waals surface area contributed by atoms with Crippen molar-refractivity contribution in [1.29, 1.82) is 5.41 Å². The molecule has 0 amide bonds. The van der Waals surface area contributed by atoms with Crippen molar-refractivity contribution in [2.45, 2.75) is 22.3 Å². The van der Waals surface area contributed by atoms with Crippen LogP contribution in [0.3, 0.4) is 0 Å². The predicted molar refractivity (Wildman–Crippen MR) is 131 cm³/mol. The lowest BCUT2D eigenvalue weighted by atomic mass is 10.0. The third-order valence-electron chi connectivity index (χ3n) is 4.76. The number of rotatable bonds is 10. The van der Waals surface area contributed by atoms with Crippen molar-refractivity contribution in [3.8, 4) is 0 Å². The summed E-state index contributed by atoms with van der Waals surface area (Å²) in [4.78, 5) is 11.0. The van der Waals surface area contributed by atoms with Gasteiger partial charge in [-0.25, -0.2) is 25.9 Å². The van der Waals surface area contributed by atoms with E-state index < -0.39 is 44.3 Å². The van der Waals surface area contributed by atoms with Crippen LogP contribution in [0.15, 0.2) is 82.6 Å². The number of carboxylic acids is 1. The van der Waals surface area contributed by atoms with E-state index in [2.05, 4.69) is 14.8 Å². The number of guanidine groups is 1. The van der Waals surface area contributed by atoms with Gasteiger partial charge >= 0.3 is 5.97 Å². The molecule has 190 valence electrons. The van der Waals surface area contributed by atoms with E-state index in [1.54, 1.807) is 0 Å². The molecule has 0 bridgehead atoms. The molecule has 0 aliphatic heterocycles. The van der Waals surface area contributed by atoms with Gasteiger partial charge in [0.15, 0.2) is 5.96 Å². The van der Waals surface area contributed by atoms with Crippen LogP contribution in [0.25, 0.3) is 0 Å². The maximum absolute atomic E-state index is 13.2. The Morgan fingerprint density at radius 1 is 0.917 bits per heavy atom. The smallest absolute Gasteiger partial charge is 0.305 e. The van der Waals surface area contributed by atoms with Gasteiger partial charge < -0.3 is 16.2 Å². The second-order valence-electron chi connectivity index (χ2n) is 7.52. The molecule has 1 atom stereocenters. The fourth-order valence-corrected chi connectivity index (χ4v) is 5.52. The van der Waals surface area contributed by atoms with Gasteiger partial charge in [-0.05, 0) is 60.2 Å². The molecular formula is C22H22FN5O6S2. The zero-order chi connectivity index (χ0) is 26.5. The van der Waals surface area contributed by atoms with Crippen LogP contribution >= 0.6 is 0 Å². The molecule has 3 aromatic carbocycles. The quantitative estimate of drug-likeness (QED) is 0.168. The molecule has 0 radical (unpaired) electrons. The van der Waals surface area contributed by atoms with Gasteiger partial charge in [0.1, 0.15) is 5.82 Å². The van der Waals surface area contributed by atoms with Crippen LogP contribution in [0.2, 0.25) is 0 Å². The van der Waals surface area contributed by atoms with E-state index in [1.807, 2.05) is 0 Å². The minimum absolute atomic E-state index is 0.0498. The molecule has 36 heavy (non-hydrogen) atoms. The average Bonchev–Trinajstić information content (AvgIpc) is 2.78. The number of nitrogens with one attached hydrogen (secondary N) is 4. The Labute approximate surface area is 206 Å². The second kappa shape index (κ2) is 10.7. The largest absolute Gasteiger partial charge is 0.481 e. The van der Waals surface area contributed by atoms with Gasteiger partial charge in [0.2, 0.25) is 10.0 Å². The van der Waals surface area contributed by atoms with Crippen molar-refractivity contribution in [2.75, 3.05) is 10.0 Å². The van der Waals surface area contributed by atoms with E-state index in [4.69, 9.17) is 11.1 Å². The van der Waals surface area contributed by atoms with Crippen LogP contribution < -0.4 is 20.5 Å². The minimum atomic E-state index is -4.23. The van der Waals surface area contributed by atoms with E-state index >= 15 is 0 Å². The molecule has 3 aromatic rings. The summed E-state index contributed by atoms with van der Waals surface area (Å²) in [7, 11) is -8.34. The third-order valence-corrected chi connectivity index (χ3v) is 7.63. The molecule has 0 aliphatic rings. The highest BCUT2D eigenvalue weighted by Gasteiger charge is 2.24. The summed E-state index contributed by atoms with van der Waals surface area (Å²) < 4.78 is 69.1. The molecule has 0 saturated carbocycles. The lowest BCUT2D eigenvalue weighted by molar-refractivity contribution is -0.137. The van der Waals surface area contributed by atoms with Crippen LogP contribution in [0.5, 0.6) is 0 Å². The summed E-state index contributed by atoms with van der Waals surface area (Å²) in [5.41, 5.74) is 5.77. The fraction of sp³-hybridized carbons (Fsp3) is 0.0909. The molecular weight excluding hydrogens is 513 g/mol. The first-order valence-electron chi connectivity index (χ1n) is 10.2. The highest BCUT2D eigenvalue weighted by molar-refractivity contribution is 7.92. The van der Waals surface area contributed by atoms with Crippen LogP contribution in [-0.4, -0.2) is 33.9 Å². The standard InChI is InChI=1S/C22H22FN5O6S2/c23-15-7-9-18(10-8-15)35(31,32)28-20(13-21(29)30)14-3-1-5-17(11-14)27-36(33,34)19-6-2-4-16(12-19)26-22(24)25/h1-12,20,27-28H,13H2,(H,29,30)(H4,24,25,26). The molecule has 14 heteroatoms. The minimum Gasteiger partial charge on any atom is -0.481 e. The van der Waals surface area contributed by atoms with Crippen molar-refractivity contribution in [1.82, 2.24) is 4.72 Å². The molecule has 0 fully saturated rings. The highest BCUT2D eigenvalue weighted by atomic mass is 32.2. The molecule has 7 N–H and O–H groups in total. The lowest BCUT2D eigenvalue weighted by Crippen LogP contribution is -2.30. The van der Waals surface area contributed by atoms with E-state index in [1.165, 1.54) is 48.5 Å². The summed E-state index contributed by atoms with van der Waals surface area (Å²) in [5.74, 6) is -2.32. The Kier molecular flexibility index (Phi) is 7.92. The summed E-state index contributed by atoms with van der Waals surface area (Å²) in [6, 6.07) is 13.9. The van der Waals surface area contributed by atoms with Crippen LogP contribution in [-0.2, 0) is 24.8 Å². The average molecular weight is 536 g/mol. The van der Waals surface area contributed by atoms with Crippen molar-refractivity contribution < 1.29 is 31.1 Å². The summed E-state index contributed by atoms with van der Waals surface area (Å²) >= 11 is 0. The monoisotopic (exact) mass is 535 g/mol. The lowest BCUT2D eigenvalue weighted by Gasteiger charge is -2.19. The number of carboxylic acid groups (broad SMARTS) is 1. The maximum atomic E-state index is 13.2. The fourth-order valence-electron chi connectivity index (χ4n) is 3.20. The number of sulfonamides is 2. The normalized spacial score (nSPS) is 12.5. The first-order chi connectivity index (χ1) is 16.9. The highest BCUT2D eigenvalue weighted by Crippen LogP contribution is 2.25. The van der Waals surface area contributed by atoms with E-state index in [0.717, 1.165) is 24.3 Å². The van der Waals surface area contributed by atoms with Gasteiger partial charge in [0.05, 0.1) is 22.3 Å². The van der Waals surface area contributed by atoms with E-state index in [-0.39, 0.29) is 32.7 Å². The molecule has 11 nitrogen and oxygen atoms in total. The Bertz CT molecular complexity index is 1500. The van der Waals surface area contributed by atoms with Crippen LogP contribution in [0, 0.1) is 11.2 Å². The molecule has 0 saturated heterocycles. The van der Waals surface area contributed by atoms with Gasteiger partial charge in [-0.15, -0.1) is 0 Å². The predicted octanol–water partition coefficient (Wildman–Crippen LogP) is 2.43. The number of anilines is 2. The van der Waals surface area contributed by atoms with Crippen LogP contribution in [0.1, 0.15) is 18.0 Å². The number of hydrogen-bond acceptors (Lipinski definition) is 6. The summed E-state index contributed by atoms with van der Waals surface area (Å²) in [6.45, 7) is 0. The Morgan fingerprint density at radius 3 is 2.19 bits per heavy atom. The van der Waals surface area contributed by atoms with Crippen molar-refractivity contribution in [3.63, 3.8) is 0 Å². The van der Waals surface area contributed by atoms with Gasteiger partial charge in [0.25, 0.3) is 10.0 Å². The van der Waals surface area contributed by atoms with Crippen molar-refractivity contribution in [3.05, 3.63) is 84.2 Å². The van der Waals surface area contributed by atoms with Gasteiger partial charge in [0, 0.05) is 11.4 Å². The summed E-state index contributed by atoms with van der Waals surface area (Å²) in [5, 5.41) is 19.1. The Hall–Kier alpha value is -4.01. The number of benzene rings is 3. The molecule has 3 rings (SSSR count). The molecule has 1 unspecified atom stereocenters. The van der Waals surface area contributed by atoms with E-state index in [9.17, 15) is 31.1 Å². The molecule has 0 spiro atoms. The van der Waals surface area contributed by atoms with Crippen LogP contribution in [0.4, 0.5) is 15.8 Å². The SMILES string of the molecule is N=C(N)Nc1cccc(S(=O)(=O)Nc2cccc(C(CC(=O)O)NS(=O)(=O)c3ccc(F)cc3)c2)c1. The van der Waals surface area contributed by atoms with Crippen molar-refractivity contribution in [2.24, 2.45) is 5.73 Å². The number of halogens is 1. The first kappa shape index (κ1) is 26.6. The number of hydrogen-bond donors (Lipinski definition) is 6. The Balaban J connectivity index is 1.89. The first-order valence-corrected chi connectivity index (χ1v) is 13.2. The number of nitrogens with two attached hydrogens (primary N) is 1. The second-order valence-corrected chi connectivity index (χ2v) is 10.9. The summed E-state index contributed by atoms with van der Waals surface area (Å²) in [6.07, 6.45) is -0.643. The number of aliphatic carboxylic acids is 1.